The molecule has 2 aromatic carbocycles. The molecule has 0 atom stereocenters. The molecule has 0 bridgehead atoms. The van der Waals surface area contributed by atoms with Crippen LogP contribution in [0.3, 0.4) is 0 Å². The molecule has 1 amide bonds. The number of nitrogens with one attached hydrogen (secondary N) is 1. The highest BCUT2D eigenvalue weighted by Crippen LogP contribution is 2.33. The maximum absolute atomic E-state index is 13.5. The van der Waals surface area contributed by atoms with Gasteiger partial charge in [0, 0.05) is 16.1 Å². The minimum atomic E-state index is -0.434. The highest BCUT2D eigenvalue weighted by atomic mass is 19.1. The molecule has 4 rings (SSSR count). The third-order valence-electron chi connectivity index (χ3n) is 3.60. The minimum absolute atomic E-state index is 0.161. The number of nitrogens with zero attached hydrogens (tertiary/aromatic N) is 1. The van der Waals surface area contributed by atoms with Crippen molar-refractivity contribution in [2.75, 3.05) is 0 Å². The van der Waals surface area contributed by atoms with Crippen molar-refractivity contribution in [3.8, 4) is 5.88 Å². The number of aromatic nitrogens is 1. The van der Waals surface area contributed by atoms with Crippen molar-refractivity contribution in [1.82, 2.24) is 4.98 Å². The second-order valence-corrected chi connectivity index (χ2v) is 4.85. The van der Waals surface area contributed by atoms with Gasteiger partial charge in [-0.15, -0.1) is 0 Å². The molecule has 102 valence electrons. The zero-order valence-corrected chi connectivity index (χ0v) is 10.7. The largest absolute Gasteiger partial charge is 0.494 e. The SMILES string of the molecule is O=C1N=c2ccccc2=C1c1c(O)[nH]c2ccc(F)cc12. The Kier molecular flexibility index (Phi) is 2.27. The Morgan fingerprint density at radius 1 is 1.14 bits per heavy atom. The van der Waals surface area contributed by atoms with E-state index in [-0.39, 0.29) is 5.88 Å². The molecule has 0 fully saturated rings. The van der Waals surface area contributed by atoms with Crippen LogP contribution in [0.5, 0.6) is 5.88 Å². The molecular weight excluding hydrogens is 271 g/mol. The molecule has 0 aliphatic carbocycles. The van der Waals surface area contributed by atoms with Gasteiger partial charge < -0.3 is 10.1 Å². The van der Waals surface area contributed by atoms with E-state index in [9.17, 15) is 14.3 Å². The van der Waals surface area contributed by atoms with Gasteiger partial charge in [0.05, 0.1) is 16.5 Å². The van der Waals surface area contributed by atoms with Gasteiger partial charge in [0.25, 0.3) is 5.91 Å². The van der Waals surface area contributed by atoms with Crippen LogP contribution in [-0.4, -0.2) is 16.0 Å². The first-order chi connectivity index (χ1) is 10.1. The van der Waals surface area contributed by atoms with Gasteiger partial charge in [-0.3, -0.25) is 4.79 Å². The summed E-state index contributed by atoms with van der Waals surface area (Å²) in [5.41, 5.74) is 1.15. The molecule has 4 nitrogen and oxygen atoms in total. The minimum Gasteiger partial charge on any atom is -0.494 e. The standard InChI is InChI=1S/C16H9FN2O2/c17-8-5-6-12-10(7-8)14(16(21)19-12)13-9-3-1-2-4-11(9)18-15(13)20/h1-7,19,21H. The van der Waals surface area contributed by atoms with Crippen molar-refractivity contribution in [1.29, 1.82) is 0 Å². The maximum Gasteiger partial charge on any atom is 0.279 e. The summed E-state index contributed by atoms with van der Waals surface area (Å²) in [6.45, 7) is 0. The molecule has 1 aromatic heterocycles. The number of hydrogen-bond donors (Lipinski definition) is 2. The van der Waals surface area contributed by atoms with Gasteiger partial charge >= 0.3 is 0 Å². The first-order valence-electron chi connectivity index (χ1n) is 6.38. The molecule has 0 saturated carbocycles. The molecule has 0 radical (unpaired) electrons. The maximum atomic E-state index is 13.5. The predicted octanol–water partition coefficient (Wildman–Crippen LogP) is 1.37. The fourth-order valence-electron chi connectivity index (χ4n) is 2.71. The van der Waals surface area contributed by atoms with E-state index < -0.39 is 11.7 Å². The molecule has 0 saturated heterocycles. The average molecular weight is 280 g/mol. The van der Waals surface area contributed by atoms with E-state index in [1.807, 2.05) is 0 Å². The van der Waals surface area contributed by atoms with Crippen molar-refractivity contribution < 1.29 is 14.3 Å². The van der Waals surface area contributed by atoms with Crippen LogP contribution in [0.4, 0.5) is 4.39 Å². The molecular formula is C16H9FN2O2. The first kappa shape index (κ1) is 11.8. The summed E-state index contributed by atoms with van der Waals surface area (Å²) in [5, 5.41) is 11.8. The van der Waals surface area contributed by atoms with Gasteiger partial charge in [-0.2, -0.15) is 0 Å². The van der Waals surface area contributed by atoms with E-state index in [2.05, 4.69) is 9.98 Å². The zero-order valence-electron chi connectivity index (χ0n) is 10.7. The number of aromatic amines is 1. The van der Waals surface area contributed by atoms with Crippen LogP contribution in [0.25, 0.3) is 16.5 Å². The summed E-state index contributed by atoms with van der Waals surface area (Å²) >= 11 is 0. The Labute approximate surface area is 117 Å². The molecule has 5 heteroatoms. The lowest BCUT2D eigenvalue weighted by Crippen LogP contribution is -2.22. The van der Waals surface area contributed by atoms with Crippen LogP contribution in [0.1, 0.15) is 5.56 Å². The van der Waals surface area contributed by atoms with Gasteiger partial charge in [-0.25, -0.2) is 9.38 Å². The molecule has 1 aliphatic heterocycles. The number of fused-ring (bicyclic) bond motifs is 2. The van der Waals surface area contributed by atoms with Gasteiger partial charge in [-0.1, -0.05) is 18.2 Å². The number of carbonyl (C=O) groups excluding carboxylic acids is 1. The lowest BCUT2D eigenvalue weighted by atomic mass is 10.0. The molecule has 0 spiro atoms. The van der Waals surface area contributed by atoms with E-state index in [4.69, 9.17) is 0 Å². The summed E-state index contributed by atoms with van der Waals surface area (Å²) in [7, 11) is 0. The topological polar surface area (TPSA) is 65.4 Å². The van der Waals surface area contributed by atoms with Crippen LogP contribution in [0.15, 0.2) is 47.5 Å². The van der Waals surface area contributed by atoms with Gasteiger partial charge in [0.1, 0.15) is 5.82 Å². The van der Waals surface area contributed by atoms with E-state index in [1.54, 1.807) is 24.3 Å². The number of rotatable bonds is 1. The molecule has 0 unspecified atom stereocenters. The van der Waals surface area contributed by atoms with Crippen LogP contribution in [0.2, 0.25) is 0 Å². The van der Waals surface area contributed by atoms with Gasteiger partial charge in [-0.05, 0) is 24.3 Å². The smallest absolute Gasteiger partial charge is 0.279 e. The number of amides is 1. The van der Waals surface area contributed by atoms with E-state index in [1.165, 1.54) is 18.2 Å². The van der Waals surface area contributed by atoms with Crippen molar-refractivity contribution in [2.24, 2.45) is 4.99 Å². The normalized spacial score (nSPS) is 13.6. The van der Waals surface area contributed by atoms with Crippen LogP contribution < -0.4 is 10.6 Å². The average Bonchev–Trinajstić information content (AvgIpc) is 2.94. The van der Waals surface area contributed by atoms with Crippen LogP contribution in [0, 0.1) is 5.82 Å². The Bertz CT molecular complexity index is 1030. The van der Waals surface area contributed by atoms with Crippen molar-refractivity contribution >= 4 is 22.4 Å². The number of aromatic hydroxyl groups is 1. The first-order valence-corrected chi connectivity index (χ1v) is 6.38. The number of H-pyrrole nitrogens is 1. The van der Waals surface area contributed by atoms with Crippen LogP contribution in [-0.2, 0) is 4.79 Å². The Morgan fingerprint density at radius 3 is 2.81 bits per heavy atom. The van der Waals surface area contributed by atoms with Gasteiger partial charge in [0.15, 0.2) is 5.88 Å². The third kappa shape index (κ3) is 1.61. The summed E-state index contributed by atoms with van der Waals surface area (Å²) in [6, 6.07) is 11.2. The van der Waals surface area contributed by atoms with Crippen LogP contribution >= 0.6 is 0 Å². The monoisotopic (exact) mass is 280 g/mol. The van der Waals surface area contributed by atoms with Crippen molar-refractivity contribution in [2.45, 2.75) is 0 Å². The zero-order chi connectivity index (χ0) is 14.6. The number of para-hydroxylation sites is 1. The van der Waals surface area contributed by atoms with Gasteiger partial charge in [0.2, 0.25) is 0 Å². The number of benzene rings is 2. The summed E-state index contributed by atoms with van der Waals surface area (Å²) in [6.07, 6.45) is 0. The molecule has 2 N–H and O–H groups in total. The highest BCUT2D eigenvalue weighted by Gasteiger charge is 2.24. The molecule has 1 aliphatic rings. The second-order valence-electron chi connectivity index (χ2n) is 4.85. The summed E-state index contributed by atoms with van der Waals surface area (Å²) < 4.78 is 13.5. The Hall–Kier alpha value is -2.95. The van der Waals surface area contributed by atoms with E-state index in [0.717, 1.165) is 0 Å². The highest BCUT2D eigenvalue weighted by molar-refractivity contribution is 6.24. The fourth-order valence-corrected chi connectivity index (χ4v) is 2.71. The van der Waals surface area contributed by atoms with E-state index >= 15 is 0 Å². The number of halogens is 1. The quantitative estimate of drug-likeness (QED) is 0.707. The molecule has 3 aromatic rings. The summed E-state index contributed by atoms with van der Waals surface area (Å²) in [4.78, 5) is 18.9. The Morgan fingerprint density at radius 2 is 1.95 bits per heavy atom. The van der Waals surface area contributed by atoms with Crippen molar-refractivity contribution in [3.63, 3.8) is 0 Å². The third-order valence-corrected chi connectivity index (χ3v) is 3.60. The Balaban J connectivity index is 2.18. The number of hydrogen-bond acceptors (Lipinski definition) is 2. The lowest BCUT2D eigenvalue weighted by Gasteiger charge is -2.00. The molecule has 2 heterocycles. The van der Waals surface area contributed by atoms with Crippen molar-refractivity contribution in [3.05, 3.63) is 64.4 Å². The summed E-state index contributed by atoms with van der Waals surface area (Å²) in [5.74, 6) is -1.03. The number of carbonyl (C=O) groups is 1. The fraction of sp³-hybridized carbons (Fsp3) is 0. The second kappa shape index (κ2) is 4.02. The lowest BCUT2D eigenvalue weighted by molar-refractivity contribution is -0.112. The van der Waals surface area contributed by atoms with E-state index in [0.29, 0.717) is 32.6 Å². The predicted molar refractivity (Wildman–Crippen MR) is 74.7 cm³/mol. The molecule has 21 heavy (non-hydrogen) atoms.